The minimum atomic E-state index is -4.39. The van der Waals surface area contributed by atoms with E-state index in [1.54, 1.807) is 18.3 Å². The van der Waals surface area contributed by atoms with Crippen LogP contribution in [0, 0.1) is 11.3 Å². The summed E-state index contributed by atoms with van der Waals surface area (Å²) in [7, 11) is 0. The SMILES string of the molecule is CC1CC(C)(C)N2c3nc(-n4ccc(OCC(C)(C)C(F)(F)F)n4)ccc3C(=O)OC12. The Labute approximate surface area is 178 Å². The number of pyridine rings is 1. The zero-order chi connectivity index (χ0) is 22.8. The monoisotopic (exact) mass is 438 g/mol. The second kappa shape index (κ2) is 6.86. The van der Waals surface area contributed by atoms with Crippen LogP contribution in [0.15, 0.2) is 24.4 Å². The van der Waals surface area contributed by atoms with Gasteiger partial charge in [0.2, 0.25) is 5.88 Å². The van der Waals surface area contributed by atoms with E-state index >= 15 is 0 Å². The van der Waals surface area contributed by atoms with Crippen LogP contribution < -0.4 is 9.64 Å². The number of hydrogen-bond acceptors (Lipinski definition) is 6. The minimum Gasteiger partial charge on any atom is -0.476 e. The van der Waals surface area contributed by atoms with Crippen molar-refractivity contribution < 1.29 is 27.4 Å². The maximum atomic E-state index is 13.0. The van der Waals surface area contributed by atoms with Gasteiger partial charge in [-0.05, 0) is 46.2 Å². The number of aromatic nitrogens is 3. The van der Waals surface area contributed by atoms with Crippen molar-refractivity contribution in [3.63, 3.8) is 0 Å². The van der Waals surface area contributed by atoms with Crippen molar-refractivity contribution in [1.29, 1.82) is 0 Å². The molecule has 1 saturated heterocycles. The molecule has 168 valence electrons. The molecule has 0 radical (unpaired) electrons. The number of fused-ring (bicyclic) bond motifs is 3. The number of alkyl halides is 3. The highest BCUT2D eigenvalue weighted by Crippen LogP contribution is 2.45. The molecule has 0 bridgehead atoms. The number of esters is 1. The zero-order valence-corrected chi connectivity index (χ0v) is 18.0. The van der Waals surface area contributed by atoms with Gasteiger partial charge in [0.15, 0.2) is 12.0 Å². The van der Waals surface area contributed by atoms with Crippen molar-refractivity contribution in [3.05, 3.63) is 30.0 Å². The maximum absolute atomic E-state index is 13.0. The highest BCUT2D eigenvalue weighted by Gasteiger charge is 2.51. The van der Waals surface area contributed by atoms with Crippen molar-refractivity contribution in [2.45, 2.75) is 59.0 Å². The summed E-state index contributed by atoms with van der Waals surface area (Å²) in [6.07, 6.45) is -2.38. The molecule has 0 saturated carbocycles. The molecular weight excluding hydrogens is 413 g/mol. The van der Waals surface area contributed by atoms with Crippen molar-refractivity contribution >= 4 is 11.8 Å². The topological polar surface area (TPSA) is 69.5 Å². The second-order valence-corrected chi connectivity index (χ2v) is 9.47. The van der Waals surface area contributed by atoms with Crippen molar-refractivity contribution in [3.8, 4) is 11.7 Å². The van der Waals surface area contributed by atoms with Crippen LogP contribution in [0.2, 0.25) is 0 Å². The molecule has 4 rings (SSSR count). The van der Waals surface area contributed by atoms with Gasteiger partial charge in [0.05, 0.1) is 5.41 Å². The molecule has 2 aliphatic rings. The molecule has 0 aliphatic carbocycles. The van der Waals surface area contributed by atoms with Gasteiger partial charge in [-0.25, -0.2) is 14.5 Å². The zero-order valence-electron chi connectivity index (χ0n) is 18.0. The lowest BCUT2D eigenvalue weighted by atomic mass is 9.94. The van der Waals surface area contributed by atoms with Gasteiger partial charge in [-0.3, -0.25) is 0 Å². The molecule has 0 amide bonds. The smallest absolute Gasteiger partial charge is 0.397 e. The molecule has 31 heavy (non-hydrogen) atoms. The van der Waals surface area contributed by atoms with Gasteiger partial charge in [0, 0.05) is 23.7 Å². The van der Waals surface area contributed by atoms with E-state index < -0.39 is 24.2 Å². The lowest BCUT2D eigenvalue weighted by Crippen LogP contribution is -2.49. The normalized spacial score (nSPS) is 22.7. The first-order valence-corrected chi connectivity index (χ1v) is 10.1. The van der Waals surface area contributed by atoms with E-state index in [9.17, 15) is 18.0 Å². The van der Waals surface area contributed by atoms with Crippen LogP contribution in [0.1, 0.15) is 51.4 Å². The Hall–Kier alpha value is -2.78. The van der Waals surface area contributed by atoms with Crippen LogP contribution in [0.25, 0.3) is 5.82 Å². The van der Waals surface area contributed by atoms with Gasteiger partial charge >= 0.3 is 12.1 Å². The van der Waals surface area contributed by atoms with Gasteiger partial charge in [0.1, 0.15) is 18.0 Å². The molecule has 2 unspecified atom stereocenters. The molecule has 2 aliphatic heterocycles. The molecular formula is C21H25F3N4O3. The Bertz CT molecular complexity index is 1020. The molecule has 4 heterocycles. The second-order valence-electron chi connectivity index (χ2n) is 9.47. The third-order valence-corrected chi connectivity index (χ3v) is 5.90. The van der Waals surface area contributed by atoms with Crippen molar-refractivity contribution in [1.82, 2.24) is 14.8 Å². The van der Waals surface area contributed by atoms with Gasteiger partial charge in [-0.1, -0.05) is 6.92 Å². The standard InChI is InChI=1S/C21H25F3N4O3/c1-12-10-20(4,5)28-16-13(18(29)31-17(12)28)6-7-14(25-16)27-9-8-15(26-27)30-11-19(2,3)21(22,23)24/h6-9,12,17H,10-11H2,1-5H3. The number of carbonyl (C=O) groups is 1. The van der Waals surface area contributed by atoms with Gasteiger partial charge in [-0.2, -0.15) is 13.2 Å². The van der Waals surface area contributed by atoms with Crippen LogP contribution in [-0.2, 0) is 4.74 Å². The number of carbonyl (C=O) groups excluding carboxylic acids is 1. The first-order chi connectivity index (χ1) is 14.3. The fourth-order valence-electron chi connectivity index (χ4n) is 4.09. The van der Waals surface area contributed by atoms with E-state index in [2.05, 4.69) is 23.9 Å². The molecule has 0 N–H and O–H groups in total. The van der Waals surface area contributed by atoms with E-state index in [-0.39, 0.29) is 23.6 Å². The molecule has 2 aromatic rings. The molecule has 2 atom stereocenters. The average molecular weight is 438 g/mol. The van der Waals surface area contributed by atoms with E-state index in [1.807, 2.05) is 11.8 Å². The van der Waals surface area contributed by atoms with Crippen LogP contribution in [0.4, 0.5) is 19.0 Å². The van der Waals surface area contributed by atoms with Crippen molar-refractivity contribution in [2.24, 2.45) is 11.3 Å². The van der Waals surface area contributed by atoms with Crippen LogP contribution in [0.3, 0.4) is 0 Å². The Kier molecular flexibility index (Phi) is 4.75. The quantitative estimate of drug-likeness (QED) is 0.661. The lowest BCUT2D eigenvalue weighted by Gasteiger charge is -2.40. The Morgan fingerprint density at radius 2 is 1.97 bits per heavy atom. The predicted octanol–water partition coefficient (Wildman–Crippen LogP) is 4.36. The number of ether oxygens (including phenoxy) is 2. The number of anilines is 1. The first-order valence-electron chi connectivity index (χ1n) is 10.1. The Balaban J connectivity index is 1.61. The highest BCUT2D eigenvalue weighted by molar-refractivity contribution is 5.97. The summed E-state index contributed by atoms with van der Waals surface area (Å²) in [4.78, 5) is 19.2. The minimum absolute atomic E-state index is 0.0595. The fourth-order valence-corrected chi connectivity index (χ4v) is 4.09. The first kappa shape index (κ1) is 21.5. The van der Waals surface area contributed by atoms with Gasteiger partial charge in [-0.15, -0.1) is 5.10 Å². The maximum Gasteiger partial charge on any atom is 0.397 e. The summed E-state index contributed by atoms with van der Waals surface area (Å²) in [5.41, 5.74) is -1.89. The summed E-state index contributed by atoms with van der Waals surface area (Å²) in [6, 6.07) is 4.72. The van der Waals surface area contributed by atoms with Crippen LogP contribution in [-0.4, -0.2) is 45.3 Å². The average Bonchev–Trinajstić information content (AvgIpc) is 3.21. The highest BCUT2D eigenvalue weighted by atomic mass is 19.4. The van der Waals surface area contributed by atoms with E-state index in [0.717, 1.165) is 20.3 Å². The molecule has 0 spiro atoms. The molecule has 10 heteroatoms. The van der Waals surface area contributed by atoms with E-state index in [4.69, 9.17) is 9.47 Å². The fraction of sp³-hybridized carbons (Fsp3) is 0.571. The third kappa shape index (κ3) is 3.61. The summed E-state index contributed by atoms with van der Waals surface area (Å²) < 4.78 is 51.4. The third-order valence-electron chi connectivity index (χ3n) is 5.90. The summed E-state index contributed by atoms with van der Waals surface area (Å²) in [5.74, 6) is 0.735. The van der Waals surface area contributed by atoms with E-state index in [1.165, 1.54) is 10.7 Å². The number of halogens is 3. The Morgan fingerprint density at radius 3 is 2.65 bits per heavy atom. The summed E-state index contributed by atoms with van der Waals surface area (Å²) >= 11 is 0. The number of nitrogens with zero attached hydrogens (tertiary/aromatic N) is 4. The van der Waals surface area contributed by atoms with Crippen molar-refractivity contribution in [2.75, 3.05) is 11.5 Å². The van der Waals surface area contributed by atoms with Crippen LogP contribution >= 0.6 is 0 Å². The molecule has 0 aromatic carbocycles. The number of rotatable bonds is 4. The molecule has 1 fully saturated rings. The number of hydrogen-bond donors (Lipinski definition) is 0. The van der Waals surface area contributed by atoms with Gasteiger partial charge < -0.3 is 14.4 Å². The van der Waals surface area contributed by atoms with E-state index in [0.29, 0.717) is 17.2 Å². The summed E-state index contributed by atoms with van der Waals surface area (Å²) in [6.45, 7) is 7.77. The van der Waals surface area contributed by atoms with Crippen LogP contribution in [0.5, 0.6) is 5.88 Å². The Morgan fingerprint density at radius 1 is 1.26 bits per heavy atom. The van der Waals surface area contributed by atoms with Gasteiger partial charge in [0.25, 0.3) is 0 Å². The summed E-state index contributed by atoms with van der Waals surface area (Å²) in [5, 5.41) is 4.20. The molecule has 7 nitrogen and oxygen atoms in total. The molecule has 2 aromatic heterocycles. The largest absolute Gasteiger partial charge is 0.476 e. The predicted molar refractivity (Wildman–Crippen MR) is 106 cm³/mol. The lowest BCUT2D eigenvalue weighted by molar-refractivity contribution is -0.219.